The second-order valence-electron chi connectivity index (χ2n) is 3.03. The van der Waals surface area contributed by atoms with E-state index in [4.69, 9.17) is 5.11 Å². The van der Waals surface area contributed by atoms with Gasteiger partial charge in [-0.25, -0.2) is 0 Å². The minimum atomic E-state index is -1.17. The van der Waals surface area contributed by atoms with E-state index in [0.29, 0.717) is 6.42 Å². The molecule has 0 unspecified atom stereocenters. The fourth-order valence-corrected chi connectivity index (χ4v) is 1.04. The Hall–Kier alpha value is -0.263. The molecule has 0 aliphatic heterocycles. The predicted molar refractivity (Wildman–Crippen MR) is 42.8 cm³/mol. The summed E-state index contributed by atoms with van der Waals surface area (Å²) in [5.41, 5.74) is 3.15. The first-order chi connectivity index (χ1) is 4.06. The van der Waals surface area contributed by atoms with Crippen molar-refractivity contribution in [1.82, 2.24) is 0 Å². The monoisotopic (exact) mass is 142 g/mol. The maximum atomic E-state index is 8.38. The third-order valence-corrected chi connectivity index (χ3v) is 1.63. The summed E-state index contributed by atoms with van der Waals surface area (Å²) in [6.45, 7) is 6.77. The molecule has 0 aliphatic carbocycles. The summed E-state index contributed by atoms with van der Waals surface area (Å²) in [6.07, 6.45) is 0.629. The Balaban J connectivity index is 3.59. The summed E-state index contributed by atoms with van der Waals surface area (Å²) in [4.78, 5) is 0. The topological polar surface area (TPSA) is 20.2 Å². The van der Waals surface area contributed by atoms with Crippen LogP contribution in [0.1, 0.15) is 6.42 Å². The molecule has 0 saturated heterocycles. The van der Waals surface area contributed by atoms with Crippen LogP contribution in [0.2, 0.25) is 19.6 Å². The van der Waals surface area contributed by atoms with Gasteiger partial charge in [-0.15, -0.1) is 11.5 Å². The van der Waals surface area contributed by atoms with Crippen molar-refractivity contribution >= 4 is 8.07 Å². The van der Waals surface area contributed by atoms with E-state index in [9.17, 15) is 0 Å². The van der Waals surface area contributed by atoms with Crippen molar-refractivity contribution in [2.75, 3.05) is 6.61 Å². The lowest BCUT2D eigenvalue weighted by molar-refractivity contribution is 0.305. The Morgan fingerprint density at radius 1 is 1.33 bits per heavy atom. The van der Waals surface area contributed by atoms with Crippen LogP contribution in [0.3, 0.4) is 0 Å². The Morgan fingerprint density at radius 2 is 1.89 bits per heavy atom. The molecule has 1 nitrogen and oxygen atoms in total. The van der Waals surface area contributed by atoms with Crippen LogP contribution in [0.5, 0.6) is 0 Å². The third kappa shape index (κ3) is 7.74. The fourth-order valence-electron chi connectivity index (χ4n) is 0.384. The molecule has 1 N–H and O–H groups in total. The normalized spacial score (nSPS) is 10.2. The molecule has 0 aliphatic rings. The smallest absolute Gasteiger partial charge is 0.129 e. The first kappa shape index (κ1) is 8.74. The molecule has 0 atom stereocenters. The number of rotatable bonds is 1. The lowest BCUT2D eigenvalue weighted by atomic mass is 10.5. The third-order valence-electron chi connectivity index (χ3n) is 0.700. The van der Waals surface area contributed by atoms with Gasteiger partial charge in [0.1, 0.15) is 8.07 Å². The van der Waals surface area contributed by atoms with E-state index in [-0.39, 0.29) is 6.61 Å². The SMILES string of the molecule is C[Si](C)(C)C#CCCO. The van der Waals surface area contributed by atoms with E-state index in [0.717, 1.165) is 0 Å². The average molecular weight is 142 g/mol. The maximum Gasteiger partial charge on any atom is 0.129 e. The van der Waals surface area contributed by atoms with Gasteiger partial charge in [-0.3, -0.25) is 0 Å². The zero-order valence-electron chi connectivity index (χ0n) is 6.36. The summed E-state index contributed by atoms with van der Waals surface area (Å²) in [5.74, 6) is 2.94. The Morgan fingerprint density at radius 3 is 2.22 bits per heavy atom. The van der Waals surface area contributed by atoms with Crippen LogP contribution in [0.25, 0.3) is 0 Å². The van der Waals surface area contributed by atoms with Gasteiger partial charge in [-0.1, -0.05) is 19.6 Å². The molecule has 0 bridgehead atoms. The van der Waals surface area contributed by atoms with Gasteiger partial charge in [0.15, 0.2) is 0 Å². The van der Waals surface area contributed by atoms with Crippen LogP contribution in [-0.2, 0) is 0 Å². The fraction of sp³-hybridized carbons (Fsp3) is 0.714. The van der Waals surface area contributed by atoms with Crippen LogP contribution in [-0.4, -0.2) is 19.8 Å². The molecule has 9 heavy (non-hydrogen) atoms. The number of aliphatic hydroxyl groups is 1. The second kappa shape index (κ2) is 3.70. The van der Waals surface area contributed by atoms with Gasteiger partial charge in [0, 0.05) is 6.42 Å². The van der Waals surface area contributed by atoms with E-state index in [2.05, 4.69) is 31.1 Å². The van der Waals surface area contributed by atoms with Gasteiger partial charge < -0.3 is 5.11 Å². The van der Waals surface area contributed by atoms with Crippen molar-refractivity contribution in [3.63, 3.8) is 0 Å². The highest BCUT2D eigenvalue weighted by Gasteiger charge is 2.06. The van der Waals surface area contributed by atoms with Gasteiger partial charge in [0.2, 0.25) is 0 Å². The highest BCUT2D eigenvalue weighted by Crippen LogP contribution is 1.95. The molecule has 0 radical (unpaired) electrons. The average Bonchev–Trinajstić information content (AvgIpc) is 1.63. The van der Waals surface area contributed by atoms with Crippen molar-refractivity contribution in [1.29, 1.82) is 0 Å². The molecule has 0 saturated carbocycles. The second-order valence-corrected chi connectivity index (χ2v) is 7.78. The molecule has 0 amide bonds. The standard InChI is InChI=1S/C7H14OSi/c1-9(2,3)7-5-4-6-8/h8H,4,6H2,1-3H3. The number of aliphatic hydroxyl groups excluding tert-OH is 1. The lowest BCUT2D eigenvalue weighted by Gasteiger charge is -2.02. The first-order valence-electron chi connectivity index (χ1n) is 3.17. The van der Waals surface area contributed by atoms with Gasteiger partial charge in [-0.2, -0.15) is 0 Å². The molecule has 0 aromatic rings. The highest BCUT2D eigenvalue weighted by molar-refractivity contribution is 6.83. The number of hydrogen-bond acceptors (Lipinski definition) is 1. The van der Waals surface area contributed by atoms with Crippen molar-refractivity contribution in [3.8, 4) is 11.5 Å². The maximum absolute atomic E-state index is 8.38. The summed E-state index contributed by atoms with van der Waals surface area (Å²) >= 11 is 0. The Kier molecular flexibility index (Phi) is 3.60. The van der Waals surface area contributed by atoms with Crippen molar-refractivity contribution in [3.05, 3.63) is 0 Å². The molecule has 0 rings (SSSR count). The highest BCUT2D eigenvalue weighted by atomic mass is 28.3. The number of hydrogen-bond donors (Lipinski definition) is 1. The van der Waals surface area contributed by atoms with Crippen molar-refractivity contribution in [2.45, 2.75) is 26.1 Å². The van der Waals surface area contributed by atoms with Crippen molar-refractivity contribution < 1.29 is 5.11 Å². The molecule has 0 fully saturated rings. The van der Waals surface area contributed by atoms with E-state index >= 15 is 0 Å². The van der Waals surface area contributed by atoms with Crippen LogP contribution >= 0.6 is 0 Å². The molecule has 0 spiro atoms. The molecule has 0 aromatic heterocycles. The van der Waals surface area contributed by atoms with E-state index in [1.807, 2.05) is 0 Å². The lowest BCUT2D eigenvalue weighted by Crippen LogP contribution is -2.16. The van der Waals surface area contributed by atoms with Crippen LogP contribution in [0, 0.1) is 11.5 Å². The first-order valence-corrected chi connectivity index (χ1v) is 6.67. The van der Waals surface area contributed by atoms with E-state index in [1.165, 1.54) is 0 Å². The minimum absolute atomic E-state index is 0.192. The summed E-state index contributed by atoms with van der Waals surface area (Å²) in [7, 11) is -1.17. The summed E-state index contributed by atoms with van der Waals surface area (Å²) in [5, 5.41) is 8.38. The van der Waals surface area contributed by atoms with E-state index < -0.39 is 8.07 Å². The quantitative estimate of drug-likeness (QED) is 0.431. The van der Waals surface area contributed by atoms with Gasteiger partial charge in [-0.05, 0) is 0 Å². The summed E-state index contributed by atoms with van der Waals surface area (Å²) < 4.78 is 0. The zero-order chi connectivity index (χ0) is 7.33. The molecule has 2 heteroatoms. The Labute approximate surface area is 58.1 Å². The van der Waals surface area contributed by atoms with Gasteiger partial charge in [0.25, 0.3) is 0 Å². The van der Waals surface area contributed by atoms with E-state index in [1.54, 1.807) is 0 Å². The predicted octanol–water partition coefficient (Wildman–Crippen LogP) is 1.25. The summed E-state index contributed by atoms with van der Waals surface area (Å²) in [6, 6.07) is 0. The molecule has 52 valence electrons. The Bertz CT molecular complexity index is 124. The van der Waals surface area contributed by atoms with Gasteiger partial charge >= 0.3 is 0 Å². The van der Waals surface area contributed by atoms with Crippen LogP contribution in [0.15, 0.2) is 0 Å². The molecule has 0 heterocycles. The zero-order valence-corrected chi connectivity index (χ0v) is 7.36. The van der Waals surface area contributed by atoms with Crippen LogP contribution < -0.4 is 0 Å². The molecule has 0 aromatic carbocycles. The van der Waals surface area contributed by atoms with Crippen molar-refractivity contribution in [2.24, 2.45) is 0 Å². The van der Waals surface area contributed by atoms with Gasteiger partial charge in [0.05, 0.1) is 6.61 Å². The van der Waals surface area contributed by atoms with Crippen LogP contribution in [0.4, 0.5) is 0 Å². The molecular formula is C7H14OSi. The minimum Gasteiger partial charge on any atom is -0.395 e. The molecular weight excluding hydrogens is 128 g/mol. The largest absolute Gasteiger partial charge is 0.395 e.